The van der Waals surface area contributed by atoms with E-state index in [1.807, 2.05) is 6.07 Å². The summed E-state index contributed by atoms with van der Waals surface area (Å²) in [6.07, 6.45) is 11.9. The Kier molecular flexibility index (Phi) is 6.03. The van der Waals surface area contributed by atoms with Crippen LogP contribution in [0.2, 0.25) is 0 Å². The van der Waals surface area contributed by atoms with Crippen molar-refractivity contribution in [2.24, 2.45) is 5.92 Å². The number of ketones is 1. The molecule has 1 heterocycles. The van der Waals surface area contributed by atoms with Gasteiger partial charge in [0.05, 0.1) is 0 Å². The SMILES string of the molecule is CC1(C)Oc2cc(C3(CCCCCBr)CCCC3)cc(O)c2[C@@H]2CC(=O)CC[C@H]21. The first kappa shape index (κ1) is 21.2. The molecule has 3 aliphatic rings. The van der Waals surface area contributed by atoms with Gasteiger partial charge in [-0.1, -0.05) is 41.6 Å². The number of hydrogen-bond donors (Lipinski definition) is 1. The lowest BCUT2D eigenvalue weighted by molar-refractivity contribution is -0.124. The summed E-state index contributed by atoms with van der Waals surface area (Å²) in [5, 5.41) is 12.2. The molecule has 4 heteroatoms. The van der Waals surface area contributed by atoms with Gasteiger partial charge in [-0.2, -0.15) is 0 Å². The van der Waals surface area contributed by atoms with Crippen LogP contribution in [0.3, 0.4) is 0 Å². The number of alkyl halides is 1. The molecule has 0 spiro atoms. The van der Waals surface area contributed by atoms with Gasteiger partial charge in [0.15, 0.2) is 0 Å². The standard InChI is InChI=1S/C25H35BrO3/c1-24(2)20-9-8-18(27)16-19(20)23-21(28)14-17(15-22(23)29-24)25(11-5-6-12-25)10-4-3-7-13-26/h14-15,19-20,28H,3-13,16H2,1-2H3/t19-,20-/m1/s1. The lowest BCUT2D eigenvalue weighted by Crippen LogP contribution is -2.47. The molecule has 0 amide bonds. The molecule has 4 rings (SSSR count). The largest absolute Gasteiger partial charge is 0.508 e. The third kappa shape index (κ3) is 3.98. The van der Waals surface area contributed by atoms with Crippen LogP contribution in [0.5, 0.6) is 11.5 Å². The van der Waals surface area contributed by atoms with E-state index in [4.69, 9.17) is 4.74 Å². The summed E-state index contributed by atoms with van der Waals surface area (Å²) in [5.74, 6) is 1.87. The number of benzene rings is 1. The number of phenolic OH excluding ortho intramolecular Hbond substituents is 1. The normalized spacial score (nSPS) is 27.2. The van der Waals surface area contributed by atoms with E-state index in [0.717, 1.165) is 23.1 Å². The second kappa shape index (κ2) is 8.24. The summed E-state index contributed by atoms with van der Waals surface area (Å²) < 4.78 is 6.52. The van der Waals surface area contributed by atoms with E-state index in [-0.39, 0.29) is 22.9 Å². The van der Waals surface area contributed by atoms with E-state index in [9.17, 15) is 9.90 Å². The van der Waals surface area contributed by atoms with Crippen LogP contribution in [0.1, 0.15) is 102 Å². The predicted molar refractivity (Wildman–Crippen MR) is 120 cm³/mol. The maximum Gasteiger partial charge on any atom is 0.133 e. The van der Waals surface area contributed by atoms with Crippen LogP contribution < -0.4 is 4.74 Å². The van der Waals surface area contributed by atoms with Crippen molar-refractivity contribution >= 4 is 21.7 Å². The van der Waals surface area contributed by atoms with Gasteiger partial charge in [-0.25, -0.2) is 0 Å². The number of rotatable bonds is 6. The Labute approximate surface area is 183 Å². The minimum atomic E-state index is -0.303. The summed E-state index contributed by atoms with van der Waals surface area (Å²) >= 11 is 3.54. The van der Waals surface area contributed by atoms with Gasteiger partial charge in [0.1, 0.15) is 22.9 Å². The van der Waals surface area contributed by atoms with Gasteiger partial charge in [0.2, 0.25) is 0 Å². The van der Waals surface area contributed by atoms with Gasteiger partial charge in [-0.05, 0) is 69.1 Å². The highest BCUT2D eigenvalue weighted by Gasteiger charge is 2.48. The summed E-state index contributed by atoms with van der Waals surface area (Å²) in [4.78, 5) is 12.2. The fraction of sp³-hybridized carbons (Fsp3) is 0.720. The molecule has 0 aromatic heterocycles. The summed E-state index contributed by atoms with van der Waals surface area (Å²) in [6.45, 7) is 4.30. The van der Waals surface area contributed by atoms with Gasteiger partial charge < -0.3 is 9.84 Å². The molecule has 1 N–H and O–H groups in total. The number of fused-ring (bicyclic) bond motifs is 3. The minimum Gasteiger partial charge on any atom is -0.508 e. The highest BCUT2D eigenvalue weighted by molar-refractivity contribution is 9.09. The van der Waals surface area contributed by atoms with Gasteiger partial charge in [0.25, 0.3) is 0 Å². The zero-order valence-electron chi connectivity index (χ0n) is 17.9. The Morgan fingerprint density at radius 2 is 1.93 bits per heavy atom. The Morgan fingerprint density at radius 3 is 2.66 bits per heavy atom. The van der Waals surface area contributed by atoms with E-state index in [1.54, 1.807) is 0 Å². The zero-order valence-corrected chi connectivity index (χ0v) is 19.5. The van der Waals surface area contributed by atoms with E-state index in [2.05, 4.69) is 35.8 Å². The van der Waals surface area contributed by atoms with Crippen LogP contribution in [0, 0.1) is 5.92 Å². The van der Waals surface area contributed by atoms with E-state index in [0.29, 0.717) is 24.4 Å². The van der Waals surface area contributed by atoms with Crippen LogP contribution in [0.15, 0.2) is 12.1 Å². The number of Topliss-reactive ketones (excluding diaryl/α,β-unsaturated/α-hetero) is 1. The van der Waals surface area contributed by atoms with Crippen LogP contribution in [0.25, 0.3) is 0 Å². The van der Waals surface area contributed by atoms with Crippen molar-refractivity contribution < 1.29 is 14.6 Å². The lowest BCUT2D eigenvalue weighted by atomic mass is 9.65. The third-order valence-electron chi connectivity index (χ3n) is 7.89. The van der Waals surface area contributed by atoms with Crippen molar-refractivity contribution in [2.45, 2.75) is 101 Å². The molecule has 29 heavy (non-hydrogen) atoms. The number of phenols is 1. The zero-order chi connectivity index (χ0) is 20.6. The second-order valence-corrected chi connectivity index (χ2v) is 10.9. The number of halogens is 1. The molecule has 0 bridgehead atoms. The Morgan fingerprint density at radius 1 is 1.17 bits per heavy atom. The number of carbonyl (C=O) groups excluding carboxylic acids is 1. The summed E-state index contributed by atoms with van der Waals surface area (Å²) in [7, 11) is 0. The average molecular weight is 463 g/mol. The Balaban J connectivity index is 1.69. The fourth-order valence-electron chi connectivity index (χ4n) is 6.35. The van der Waals surface area contributed by atoms with Crippen LogP contribution in [-0.2, 0) is 10.2 Å². The Hall–Kier alpha value is -1.03. The number of hydrogen-bond acceptors (Lipinski definition) is 3. The van der Waals surface area contributed by atoms with Crippen molar-refractivity contribution in [1.29, 1.82) is 0 Å². The molecule has 1 aliphatic heterocycles. The molecule has 2 aliphatic carbocycles. The molecule has 2 fully saturated rings. The van der Waals surface area contributed by atoms with Crippen molar-refractivity contribution in [1.82, 2.24) is 0 Å². The van der Waals surface area contributed by atoms with Crippen molar-refractivity contribution in [2.75, 3.05) is 5.33 Å². The number of carbonyl (C=O) groups is 1. The molecule has 0 saturated heterocycles. The monoisotopic (exact) mass is 462 g/mol. The number of ether oxygens (including phenoxy) is 1. The van der Waals surface area contributed by atoms with E-state index in [1.165, 1.54) is 56.9 Å². The predicted octanol–water partition coefficient (Wildman–Crippen LogP) is 6.78. The Bertz CT molecular complexity index is 764. The maximum absolute atomic E-state index is 12.2. The van der Waals surface area contributed by atoms with Crippen LogP contribution >= 0.6 is 15.9 Å². The molecule has 2 saturated carbocycles. The van der Waals surface area contributed by atoms with Gasteiger partial charge >= 0.3 is 0 Å². The molecule has 1 aromatic carbocycles. The quantitative estimate of drug-likeness (QED) is 0.374. The molecule has 0 radical (unpaired) electrons. The molecule has 1 aromatic rings. The van der Waals surface area contributed by atoms with Crippen molar-refractivity contribution in [3.63, 3.8) is 0 Å². The first-order chi connectivity index (χ1) is 13.9. The number of unbranched alkanes of at least 4 members (excludes halogenated alkanes) is 2. The van der Waals surface area contributed by atoms with E-state index >= 15 is 0 Å². The van der Waals surface area contributed by atoms with Gasteiger partial charge in [-0.15, -0.1) is 0 Å². The highest BCUT2D eigenvalue weighted by atomic mass is 79.9. The fourth-order valence-corrected chi connectivity index (χ4v) is 6.74. The van der Waals surface area contributed by atoms with Crippen LogP contribution in [0.4, 0.5) is 0 Å². The van der Waals surface area contributed by atoms with Gasteiger partial charge in [-0.3, -0.25) is 4.79 Å². The molecule has 2 atom stereocenters. The lowest BCUT2D eigenvalue weighted by Gasteiger charge is -2.47. The summed E-state index contributed by atoms with van der Waals surface area (Å²) in [5.41, 5.74) is 2.01. The molecular weight excluding hydrogens is 428 g/mol. The second-order valence-electron chi connectivity index (χ2n) is 10.1. The minimum absolute atomic E-state index is 0.0857. The topological polar surface area (TPSA) is 46.5 Å². The molecule has 0 unspecified atom stereocenters. The maximum atomic E-state index is 12.2. The van der Waals surface area contributed by atoms with Crippen molar-refractivity contribution in [3.05, 3.63) is 23.3 Å². The van der Waals surface area contributed by atoms with Crippen LogP contribution in [-0.4, -0.2) is 21.8 Å². The highest BCUT2D eigenvalue weighted by Crippen LogP contribution is 2.56. The van der Waals surface area contributed by atoms with E-state index < -0.39 is 0 Å². The van der Waals surface area contributed by atoms with Gasteiger partial charge in [0, 0.05) is 35.6 Å². The molecular formula is C25H35BrO3. The average Bonchev–Trinajstić information content (AvgIpc) is 3.14. The summed E-state index contributed by atoms with van der Waals surface area (Å²) in [6, 6.07) is 4.24. The molecule has 3 nitrogen and oxygen atoms in total. The number of aromatic hydroxyl groups is 1. The first-order valence-corrected chi connectivity index (χ1v) is 12.6. The molecule has 160 valence electrons. The smallest absolute Gasteiger partial charge is 0.133 e. The third-order valence-corrected chi connectivity index (χ3v) is 8.45. The first-order valence-electron chi connectivity index (χ1n) is 11.5. The van der Waals surface area contributed by atoms with Crippen molar-refractivity contribution in [3.8, 4) is 11.5 Å².